The third-order valence-corrected chi connectivity index (χ3v) is 5.85. The first kappa shape index (κ1) is 21.3. The molecule has 0 amide bonds. The van der Waals surface area contributed by atoms with E-state index in [-0.39, 0.29) is 5.75 Å². The van der Waals surface area contributed by atoms with Crippen molar-refractivity contribution in [1.82, 2.24) is 24.4 Å². The van der Waals surface area contributed by atoms with Crippen LogP contribution in [0.1, 0.15) is 12.5 Å². The van der Waals surface area contributed by atoms with Crippen LogP contribution in [-0.4, -0.2) is 30.7 Å². The van der Waals surface area contributed by atoms with E-state index < -0.39 is 6.36 Å². The SMILES string of the molecule is CCn1c(SCc2cccc(OC(F)(F)F)c2)nnc1-c1cccc(-c2csnn2)c1. The number of benzene rings is 2. The van der Waals surface area contributed by atoms with Crippen LogP contribution in [0.4, 0.5) is 13.2 Å². The number of halogens is 3. The maximum atomic E-state index is 12.4. The van der Waals surface area contributed by atoms with Crippen molar-refractivity contribution in [3.05, 3.63) is 59.5 Å². The van der Waals surface area contributed by atoms with Crippen LogP contribution in [0.2, 0.25) is 0 Å². The van der Waals surface area contributed by atoms with Gasteiger partial charge >= 0.3 is 6.36 Å². The van der Waals surface area contributed by atoms with E-state index in [4.69, 9.17) is 0 Å². The molecule has 2 heterocycles. The first-order chi connectivity index (χ1) is 14.9. The zero-order valence-corrected chi connectivity index (χ0v) is 17.8. The summed E-state index contributed by atoms with van der Waals surface area (Å²) in [5.41, 5.74) is 3.32. The highest BCUT2D eigenvalue weighted by atomic mass is 32.2. The van der Waals surface area contributed by atoms with Gasteiger partial charge in [0.2, 0.25) is 0 Å². The Morgan fingerprint density at radius 2 is 1.84 bits per heavy atom. The molecule has 0 N–H and O–H groups in total. The van der Waals surface area contributed by atoms with Crippen molar-refractivity contribution in [2.75, 3.05) is 0 Å². The Kier molecular flexibility index (Phi) is 6.23. The van der Waals surface area contributed by atoms with Crippen molar-refractivity contribution < 1.29 is 17.9 Å². The van der Waals surface area contributed by atoms with Crippen molar-refractivity contribution in [2.45, 2.75) is 30.7 Å². The summed E-state index contributed by atoms with van der Waals surface area (Å²) in [4.78, 5) is 0. The Morgan fingerprint density at radius 3 is 2.58 bits per heavy atom. The Balaban J connectivity index is 1.53. The fourth-order valence-electron chi connectivity index (χ4n) is 2.98. The smallest absolute Gasteiger partial charge is 0.406 e. The molecule has 11 heteroatoms. The first-order valence-electron chi connectivity index (χ1n) is 9.21. The minimum Gasteiger partial charge on any atom is -0.406 e. The average molecular weight is 464 g/mol. The van der Waals surface area contributed by atoms with Crippen LogP contribution >= 0.6 is 23.3 Å². The van der Waals surface area contributed by atoms with Gasteiger partial charge < -0.3 is 9.30 Å². The summed E-state index contributed by atoms with van der Waals surface area (Å²) in [5.74, 6) is 0.901. The molecule has 0 unspecified atom stereocenters. The minimum absolute atomic E-state index is 0.239. The first-order valence-corrected chi connectivity index (χ1v) is 11.0. The van der Waals surface area contributed by atoms with Gasteiger partial charge in [-0.05, 0) is 42.2 Å². The predicted molar refractivity (Wildman–Crippen MR) is 113 cm³/mol. The quantitative estimate of drug-likeness (QED) is 0.329. The van der Waals surface area contributed by atoms with Gasteiger partial charge in [0.25, 0.3) is 0 Å². The zero-order valence-electron chi connectivity index (χ0n) is 16.2. The fraction of sp³-hybridized carbons (Fsp3) is 0.200. The van der Waals surface area contributed by atoms with Crippen molar-refractivity contribution in [3.63, 3.8) is 0 Å². The van der Waals surface area contributed by atoms with Gasteiger partial charge in [-0.15, -0.1) is 28.5 Å². The molecule has 160 valence electrons. The van der Waals surface area contributed by atoms with Crippen LogP contribution < -0.4 is 4.74 Å². The summed E-state index contributed by atoms with van der Waals surface area (Å²) < 4.78 is 47.2. The Hall–Kier alpha value is -2.92. The minimum atomic E-state index is -4.72. The van der Waals surface area contributed by atoms with Crippen LogP contribution in [0.5, 0.6) is 5.75 Å². The second-order valence-corrected chi connectivity index (χ2v) is 7.96. The summed E-state index contributed by atoms with van der Waals surface area (Å²) in [7, 11) is 0. The molecule has 0 aliphatic heterocycles. The Labute approximate surface area is 184 Å². The summed E-state index contributed by atoms with van der Waals surface area (Å²) >= 11 is 2.69. The van der Waals surface area contributed by atoms with Gasteiger partial charge in [0, 0.05) is 28.8 Å². The summed E-state index contributed by atoms with van der Waals surface area (Å²) in [6.45, 7) is 2.63. The molecule has 4 aromatic rings. The highest BCUT2D eigenvalue weighted by Gasteiger charge is 2.31. The normalized spacial score (nSPS) is 11.6. The highest BCUT2D eigenvalue weighted by Crippen LogP contribution is 2.30. The molecule has 0 atom stereocenters. The zero-order chi connectivity index (χ0) is 21.8. The van der Waals surface area contributed by atoms with Crippen molar-refractivity contribution in [2.24, 2.45) is 0 Å². The predicted octanol–water partition coefficient (Wildman–Crippen LogP) is 5.67. The van der Waals surface area contributed by atoms with Crippen LogP contribution in [0.3, 0.4) is 0 Å². The van der Waals surface area contributed by atoms with Gasteiger partial charge in [-0.2, -0.15) is 0 Å². The maximum Gasteiger partial charge on any atom is 0.573 e. The molecular weight excluding hydrogens is 447 g/mol. The largest absolute Gasteiger partial charge is 0.573 e. The van der Waals surface area contributed by atoms with Crippen LogP contribution in [-0.2, 0) is 12.3 Å². The van der Waals surface area contributed by atoms with Gasteiger partial charge in [0.15, 0.2) is 11.0 Å². The van der Waals surface area contributed by atoms with Crippen LogP contribution in [0.15, 0.2) is 59.1 Å². The third-order valence-electron chi connectivity index (χ3n) is 4.31. The highest BCUT2D eigenvalue weighted by molar-refractivity contribution is 7.98. The fourth-order valence-corrected chi connectivity index (χ4v) is 4.39. The van der Waals surface area contributed by atoms with Gasteiger partial charge in [0.1, 0.15) is 11.4 Å². The van der Waals surface area contributed by atoms with E-state index in [9.17, 15) is 13.2 Å². The second kappa shape index (κ2) is 9.06. The molecule has 4 rings (SSSR count). The van der Waals surface area contributed by atoms with E-state index in [1.807, 2.05) is 41.1 Å². The molecule has 2 aromatic heterocycles. The molecule has 31 heavy (non-hydrogen) atoms. The lowest BCUT2D eigenvalue weighted by molar-refractivity contribution is -0.274. The molecule has 0 aliphatic carbocycles. The number of rotatable bonds is 7. The van der Waals surface area contributed by atoms with Crippen LogP contribution in [0, 0.1) is 0 Å². The second-order valence-electron chi connectivity index (χ2n) is 6.41. The number of hydrogen-bond acceptors (Lipinski definition) is 7. The number of thioether (sulfide) groups is 1. The maximum absolute atomic E-state index is 12.4. The van der Waals surface area contributed by atoms with Crippen molar-refractivity contribution >= 4 is 23.3 Å². The molecule has 0 radical (unpaired) electrons. The summed E-state index contributed by atoms with van der Waals surface area (Å²) in [6, 6.07) is 13.8. The van der Waals surface area contributed by atoms with E-state index in [0.717, 1.165) is 16.8 Å². The monoisotopic (exact) mass is 463 g/mol. The molecule has 6 nitrogen and oxygen atoms in total. The van der Waals surface area contributed by atoms with E-state index in [2.05, 4.69) is 24.5 Å². The summed E-state index contributed by atoms with van der Waals surface area (Å²) in [5, 5.41) is 15.3. The Bertz CT molecular complexity index is 1160. The van der Waals surface area contributed by atoms with E-state index >= 15 is 0 Å². The number of alkyl halides is 3. The van der Waals surface area contributed by atoms with Gasteiger partial charge in [-0.25, -0.2) is 0 Å². The molecule has 2 aromatic carbocycles. The average Bonchev–Trinajstić information content (AvgIpc) is 3.41. The van der Waals surface area contributed by atoms with Gasteiger partial charge in [-0.3, -0.25) is 0 Å². The topological polar surface area (TPSA) is 65.7 Å². The number of ether oxygens (including phenoxy) is 1. The van der Waals surface area contributed by atoms with Gasteiger partial charge in [-0.1, -0.05) is 46.6 Å². The van der Waals surface area contributed by atoms with E-state index in [0.29, 0.717) is 28.8 Å². The molecule has 0 bridgehead atoms. The standard InChI is InChI=1S/C20H16F3N5OS2/c1-2-28-18(15-7-4-6-14(10-15)17-12-31-27-24-17)25-26-19(28)30-11-13-5-3-8-16(9-13)29-20(21,22)23/h3-10,12H,2,11H2,1H3. The molecule has 0 saturated carbocycles. The van der Waals surface area contributed by atoms with E-state index in [1.165, 1.54) is 41.5 Å². The Morgan fingerprint density at radius 1 is 1.03 bits per heavy atom. The molecule has 0 spiro atoms. The van der Waals surface area contributed by atoms with Crippen molar-refractivity contribution in [3.8, 4) is 28.4 Å². The molecular formula is C20H16F3N5OS2. The third kappa shape index (κ3) is 5.23. The summed E-state index contributed by atoms with van der Waals surface area (Å²) in [6.07, 6.45) is -4.72. The number of nitrogens with zero attached hydrogens (tertiary/aromatic N) is 5. The lowest BCUT2D eigenvalue weighted by Gasteiger charge is -2.10. The number of hydrogen-bond donors (Lipinski definition) is 0. The van der Waals surface area contributed by atoms with Crippen LogP contribution in [0.25, 0.3) is 22.6 Å². The van der Waals surface area contributed by atoms with E-state index in [1.54, 1.807) is 6.07 Å². The van der Waals surface area contributed by atoms with Gasteiger partial charge in [0.05, 0.1) is 0 Å². The molecule has 0 aliphatic rings. The molecule has 0 saturated heterocycles. The molecule has 0 fully saturated rings. The van der Waals surface area contributed by atoms with Crippen molar-refractivity contribution in [1.29, 1.82) is 0 Å². The lowest BCUT2D eigenvalue weighted by Crippen LogP contribution is -2.17. The lowest BCUT2D eigenvalue weighted by atomic mass is 10.1. The number of aromatic nitrogens is 5.